The number of unbranched alkanes of at least 4 members (excludes halogenated alkanes) is 3. The van der Waals surface area contributed by atoms with Gasteiger partial charge >= 0.3 is 0 Å². The number of benzene rings is 2. The Labute approximate surface area is 205 Å². The molecular formula is C25H32N4O4S. The first-order valence-electron chi connectivity index (χ1n) is 11.4. The summed E-state index contributed by atoms with van der Waals surface area (Å²) in [7, 11) is 0. The molecule has 0 unspecified atom stereocenters. The lowest BCUT2D eigenvalue weighted by molar-refractivity contribution is -0.118. The fourth-order valence-electron chi connectivity index (χ4n) is 2.81. The zero-order chi connectivity index (χ0) is 24.9. The molecule has 2 aromatic rings. The van der Waals surface area contributed by atoms with Gasteiger partial charge in [0.05, 0.1) is 6.61 Å². The van der Waals surface area contributed by atoms with E-state index in [9.17, 15) is 14.4 Å². The van der Waals surface area contributed by atoms with Gasteiger partial charge in [-0.2, -0.15) is 0 Å². The van der Waals surface area contributed by atoms with Crippen LogP contribution in [0.3, 0.4) is 0 Å². The van der Waals surface area contributed by atoms with Gasteiger partial charge in [-0.05, 0) is 67.2 Å². The van der Waals surface area contributed by atoms with Crippen molar-refractivity contribution in [3.05, 3.63) is 59.7 Å². The molecule has 2 rings (SSSR count). The first-order chi connectivity index (χ1) is 16.3. The van der Waals surface area contributed by atoms with Gasteiger partial charge in [0.15, 0.2) is 5.11 Å². The van der Waals surface area contributed by atoms with Crippen LogP contribution in [0, 0.1) is 5.92 Å². The largest absolute Gasteiger partial charge is 0.494 e. The average Bonchev–Trinajstić information content (AvgIpc) is 2.83. The topological polar surface area (TPSA) is 109 Å². The van der Waals surface area contributed by atoms with Crippen LogP contribution < -0.4 is 26.2 Å². The third kappa shape index (κ3) is 9.19. The summed E-state index contributed by atoms with van der Waals surface area (Å²) in [6, 6.07) is 13.2. The smallest absolute Gasteiger partial charge is 0.269 e. The van der Waals surface area contributed by atoms with Gasteiger partial charge in [-0.3, -0.25) is 30.6 Å². The summed E-state index contributed by atoms with van der Waals surface area (Å²) in [4.78, 5) is 36.4. The molecule has 0 saturated carbocycles. The van der Waals surface area contributed by atoms with E-state index in [4.69, 9.17) is 17.0 Å². The van der Waals surface area contributed by atoms with Gasteiger partial charge in [0, 0.05) is 22.7 Å². The van der Waals surface area contributed by atoms with E-state index >= 15 is 0 Å². The summed E-state index contributed by atoms with van der Waals surface area (Å²) >= 11 is 5.08. The van der Waals surface area contributed by atoms with Crippen molar-refractivity contribution in [3.63, 3.8) is 0 Å². The first kappa shape index (κ1) is 26.8. The van der Waals surface area contributed by atoms with Crippen LogP contribution in [0.25, 0.3) is 0 Å². The Morgan fingerprint density at radius 1 is 0.853 bits per heavy atom. The first-order valence-corrected chi connectivity index (χ1v) is 11.8. The van der Waals surface area contributed by atoms with Crippen molar-refractivity contribution in [1.29, 1.82) is 0 Å². The Kier molecular flexibility index (Phi) is 11.0. The molecule has 0 atom stereocenters. The molecular weight excluding hydrogens is 452 g/mol. The van der Waals surface area contributed by atoms with E-state index in [0.717, 1.165) is 12.8 Å². The van der Waals surface area contributed by atoms with E-state index in [1.165, 1.54) is 12.8 Å². The third-order valence-electron chi connectivity index (χ3n) is 4.84. The van der Waals surface area contributed by atoms with Crippen molar-refractivity contribution in [2.24, 2.45) is 5.92 Å². The van der Waals surface area contributed by atoms with Crippen molar-refractivity contribution in [2.75, 3.05) is 11.9 Å². The molecule has 0 spiro atoms. The lowest BCUT2D eigenvalue weighted by atomic mass is 10.1. The number of hydrogen-bond donors (Lipinski definition) is 4. The zero-order valence-electron chi connectivity index (χ0n) is 19.8. The number of carbonyl (C=O) groups is 3. The number of rotatable bonds is 10. The van der Waals surface area contributed by atoms with E-state index in [2.05, 4.69) is 28.4 Å². The molecule has 0 radical (unpaired) electrons. The van der Waals surface area contributed by atoms with Crippen LogP contribution in [0.4, 0.5) is 5.69 Å². The third-order valence-corrected chi connectivity index (χ3v) is 5.04. The van der Waals surface area contributed by atoms with Crippen molar-refractivity contribution in [1.82, 2.24) is 16.2 Å². The van der Waals surface area contributed by atoms with Gasteiger partial charge in [0.1, 0.15) is 5.75 Å². The minimum Gasteiger partial charge on any atom is -0.494 e. The summed E-state index contributed by atoms with van der Waals surface area (Å²) in [5.74, 6) is -0.402. The highest BCUT2D eigenvalue weighted by molar-refractivity contribution is 7.80. The Balaban J connectivity index is 1.76. The molecule has 0 aliphatic rings. The minimum absolute atomic E-state index is 0.0459. The highest BCUT2D eigenvalue weighted by Gasteiger charge is 2.11. The van der Waals surface area contributed by atoms with Crippen LogP contribution >= 0.6 is 12.2 Å². The second-order valence-corrected chi connectivity index (χ2v) is 8.43. The number of carbonyl (C=O) groups excluding carboxylic acids is 3. The summed E-state index contributed by atoms with van der Waals surface area (Å²) in [5.41, 5.74) is 6.30. The van der Waals surface area contributed by atoms with Crippen molar-refractivity contribution < 1.29 is 19.1 Å². The highest BCUT2D eigenvalue weighted by Crippen LogP contribution is 2.13. The Hall–Kier alpha value is -3.46. The second kappa shape index (κ2) is 13.9. The van der Waals surface area contributed by atoms with Crippen LogP contribution in [0.5, 0.6) is 5.75 Å². The van der Waals surface area contributed by atoms with Gasteiger partial charge in [-0.15, -0.1) is 0 Å². The molecule has 0 aromatic heterocycles. The monoisotopic (exact) mass is 484 g/mol. The Bertz CT molecular complexity index is 975. The molecule has 0 fully saturated rings. The van der Waals surface area contributed by atoms with E-state index in [1.54, 1.807) is 62.4 Å². The normalized spacial score (nSPS) is 10.4. The number of ether oxygens (including phenoxy) is 1. The zero-order valence-corrected chi connectivity index (χ0v) is 20.6. The maximum atomic E-state index is 12.4. The van der Waals surface area contributed by atoms with E-state index in [0.29, 0.717) is 29.2 Å². The summed E-state index contributed by atoms with van der Waals surface area (Å²) in [5, 5.41) is 5.22. The van der Waals surface area contributed by atoms with Crippen LogP contribution in [0.1, 0.15) is 67.2 Å². The molecule has 0 saturated heterocycles. The molecule has 0 aliphatic carbocycles. The number of thiocarbonyl (C=S) groups is 1. The van der Waals surface area contributed by atoms with Gasteiger partial charge in [0.25, 0.3) is 11.8 Å². The lowest BCUT2D eigenvalue weighted by Gasteiger charge is -2.12. The molecule has 4 N–H and O–H groups in total. The van der Waals surface area contributed by atoms with Gasteiger partial charge < -0.3 is 10.1 Å². The predicted molar refractivity (Wildman–Crippen MR) is 137 cm³/mol. The minimum atomic E-state index is -0.446. The number of anilines is 1. The van der Waals surface area contributed by atoms with Crippen molar-refractivity contribution in [2.45, 2.75) is 46.5 Å². The Morgan fingerprint density at radius 2 is 1.47 bits per heavy atom. The summed E-state index contributed by atoms with van der Waals surface area (Å²) < 4.78 is 5.67. The van der Waals surface area contributed by atoms with Crippen molar-refractivity contribution >= 4 is 40.7 Å². The second-order valence-electron chi connectivity index (χ2n) is 8.02. The molecule has 0 heterocycles. The molecule has 8 nitrogen and oxygen atoms in total. The maximum Gasteiger partial charge on any atom is 0.269 e. The molecule has 0 bridgehead atoms. The lowest BCUT2D eigenvalue weighted by Crippen LogP contribution is -2.48. The van der Waals surface area contributed by atoms with Gasteiger partial charge in [0.2, 0.25) is 5.91 Å². The van der Waals surface area contributed by atoms with E-state index in [-0.39, 0.29) is 16.9 Å². The fraction of sp³-hybridized carbons (Fsp3) is 0.360. The standard InChI is InChI=1S/C25H32N4O4S/c1-4-5-6-7-16-33-21-14-10-18(11-15-21)23(31)27-25(34)29-28-24(32)19-8-12-20(13-9-19)26-22(30)17(2)3/h8-15,17H,4-7,16H2,1-3H3,(H,26,30)(H,28,32)(H2,27,29,31,34). The van der Waals surface area contributed by atoms with Crippen LogP contribution in [0.2, 0.25) is 0 Å². The highest BCUT2D eigenvalue weighted by atomic mass is 32.1. The molecule has 3 amide bonds. The van der Waals surface area contributed by atoms with Crippen LogP contribution in [-0.2, 0) is 4.79 Å². The molecule has 0 aliphatic heterocycles. The van der Waals surface area contributed by atoms with Crippen LogP contribution in [-0.4, -0.2) is 29.4 Å². The number of nitrogens with one attached hydrogen (secondary N) is 4. The number of amides is 3. The number of hydrazine groups is 1. The average molecular weight is 485 g/mol. The quantitative estimate of drug-likeness (QED) is 0.229. The Morgan fingerprint density at radius 3 is 2.09 bits per heavy atom. The molecule has 2 aromatic carbocycles. The van der Waals surface area contributed by atoms with Gasteiger partial charge in [-0.1, -0.05) is 40.0 Å². The fourth-order valence-corrected chi connectivity index (χ4v) is 2.95. The maximum absolute atomic E-state index is 12.4. The van der Waals surface area contributed by atoms with Gasteiger partial charge in [-0.25, -0.2) is 0 Å². The molecule has 9 heteroatoms. The number of hydrogen-bond acceptors (Lipinski definition) is 5. The molecule has 182 valence electrons. The molecule has 34 heavy (non-hydrogen) atoms. The van der Waals surface area contributed by atoms with E-state index in [1.807, 2.05) is 0 Å². The predicted octanol–water partition coefficient (Wildman–Crippen LogP) is 4.19. The summed E-state index contributed by atoms with van der Waals surface area (Å²) in [6.45, 7) is 6.40. The van der Waals surface area contributed by atoms with E-state index < -0.39 is 11.8 Å². The summed E-state index contributed by atoms with van der Waals surface area (Å²) in [6.07, 6.45) is 4.51. The SMILES string of the molecule is CCCCCCOc1ccc(C(=O)NC(=S)NNC(=O)c2ccc(NC(=O)C(C)C)cc2)cc1. The van der Waals surface area contributed by atoms with Crippen LogP contribution in [0.15, 0.2) is 48.5 Å². The van der Waals surface area contributed by atoms with Crippen molar-refractivity contribution in [3.8, 4) is 5.75 Å².